The van der Waals surface area contributed by atoms with E-state index in [2.05, 4.69) is 25.6 Å². The number of nitrogens with zero attached hydrogens (tertiary/aromatic N) is 2. The van der Waals surface area contributed by atoms with Crippen molar-refractivity contribution in [1.29, 1.82) is 0 Å². The lowest BCUT2D eigenvalue weighted by molar-refractivity contribution is 0.578. The number of rotatable bonds is 5. The van der Waals surface area contributed by atoms with E-state index >= 15 is 0 Å². The van der Waals surface area contributed by atoms with E-state index in [9.17, 15) is 8.42 Å². The first-order valence-corrected chi connectivity index (χ1v) is 8.05. The van der Waals surface area contributed by atoms with Crippen LogP contribution < -0.4 is 4.72 Å². The maximum atomic E-state index is 12.0. The van der Waals surface area contributed by atoms with Gasteiger partial charge in [0, 0.05) is 23.8 Å². The van der Waals surface area contributed by atoms with Crippen molar-refractivity contribution in [3.8, 4) is 0 Å². The second-order valence-electron chi connectivity index (χ2n) is 3.99. The van der Waals surface area contributed by atoms with Gasteiger partial charge in [0.2, 0.25) is 0 Å². The van der Waals surface area contributed by atoms with Gasteiger partial charge in [0.05, 0.1) is 6.33 Å². The van der Waals surface area contributed by atoms with Crippen molar-refractivity contribution in [3.05, 3.63) is 46.8 Å². The first kappa shape index (κ1) is 14.2. The van der Waals surface area contributed by atoms with Gasteiger partial charge in [-0.2, -0.15) is 0 Å². The molecule has 1 aromatic heterocycles. The van der Waals surface area contributed by atoms with Crippen LogP contribution in [0.2, 0.25) is 0 Å². The zero-order valence-electron chi connectivity index (χ0n) is 10.4. The summed E-state index contributed by atoms with van der Waals surface area (Å²) in [5.74, 6) is 0. The number of hydrogen-bond donors (Lipinski definition) is 1. The van der Waals surface area contributed by atoms with Gasteiger partial charge in [-0.25, -0.2) is 18.1 Å². The summed E-state index contributed by atoms with van der Waals surface area (Å²) in [7, 11) is -3.55. The molecular formula is C12H14BrN3O2S. The summed E-state index contributed by atoms with van der Waals surface area (Å²) in [5, 5.41) is 0.0476. The number of benzene rings is 1. The summed E-state index contributed by atoms with van der Waals surface area (Å²) in [6.07, 6.45) is 3.03. The number of nitrogens with one attached hydrogen (secondary N) is 1. The highest BCUT2D eigenvalue weighted by molar-refractivity contribution is 9.10. The predicted molar refractivity (Wildman–Crippen MR) is 76.1 cm³/mol. The Balaban J connectivity index is 2.07. The highest BCUT2D eigenvalue weighted by atomic mass is 79.9. The predicted octanol–water partition coefficient (Wildman–Crippen LogP) is 2.14. The van der Waals surface area contributed by atoms with Crippen LogP contribution in [0.5, 0.6) is 0 Å². The molecule has 1 heterocycles. The van der Waals surface area contributed by atoms with Gasteiger partial charge >= 0.3 is 0 Å². The van der Waals surface area contributed by atoms with Gasteiger partial charge in [-0.15, -0.1) is 0 Å². The van der Waals surface area contributed by atoms with Crippen LogP contribution in [-0.4, -0.2) is 18.0 Å². The van der Waals surface area contributed by atoms with Crippen LogP contribution in [-0.2, 0) is 23.1 Å². The van der Waals surface area contributed by atoms with Crippen molar-refractivity contribution in [2.24, 2.45) is 0 Å². The van der Waals surface area contributed by atoms with E-state index in [1.165, 1.54) is 12.5 Å². The van der Waals surface area contributed by atoms with Gasteiger partial charge in [-0.3, -0.25) is 0 Å². The number of sulfonamides is 1. The minimum absolute atomic E-state index is 0.0476. The molecule has 2 rings (SSSR count). The van der Waals surface area contributed by atoms with E-state index in [1.807, 2.05) is 31.2 Å². The number of hydrogen-bond acceptors (Lipinski definition) is 3. The summed E-state index contributed by atoms with van der Waals surface area (Å²) in [5.41, 5.74) is 0.890. The summed E-state index contributed by atoms with van der Waals surface area (Å²) in [6.45, 7) is 2.86. The normalized spacial score (nSPS) is 11.7. The fourth-order valence-electron chi connectivity index (χ4n) is 1.51. The molecule has 0 bridgehead atoms. The van der Waals surface area contributed by atoms with E-state index in [4.69, 9.17) is 0 Å². The van der Waals surface area contributed by atoms with Gasteiger partial charge < -0.3 is 4.57 Å². The topological polar surface area (TPSA) is 64.0 Å². The lowest BCUT2D eigenvalue weighted by Crippen LogP contribution is -2.23. The minimum Gasteiger partial charge on any atom is -0.336 e. The lowest BCUT2D eigenvalue weighted by Gasteiger charge is -2.04. The van der Waals surface area contributed by atoms with E-state index in [0.717, 1.165) is 10.0 Å². The molecule has 102 valence electrons. The molecule has 19 heavy (non-hydrogen) atoms. The van der Waals surface area contributed by atoms with E-state index in [1.54, 1.807) is 4.57 Å². The van der Waals surface area contributed by atoms with Crippen molar-refractivity contribution in [3.63, 3.8) is 0 Å². The van der Waals surface area contributed by atoms with Crippen LogP contribution in [0, 0.1) is 0 Å². The highest BCUT2D eigenvalue weighted by Gasteiger charge is 2.16. The third-order valence-corrected chi connectivity index (χ3v) is 4.44. The Morgan fingerprint density at radius 1 is 1.32 bits per heavy atom. The summed E-state index contributed by atoms with van der Waals surface area (Å²) in [6, 6.07) is 7.46. The van der Waals surface area contributed by atoms with Crippen LogP contribution in [0.4, 0.5) is 0 Å². The number of halogens is 1. The fourth-order valence-corrected chi connectivity index (χ4v) is 2.73. The van der Waals surface area contributed by atoms with Crippen LogP contribution in [0.3, 0.4) is 0 Å². The van der Waals surface area contributed by atoms with Crippen molar-refractivity contribution in [2.75, 3.05) is 0 Å². The Kier molecular flexibility index (Phi) is 4.38. The Hall–Kier alpha value is -1.18. The Labute approximate surface area is 120 Å². The van der Waals surface area contributed by atoms with E-state index in [-0.39, 0.29) is 11.6 Å². The molecule has 0 atom stereocenters. The monoisotopic (exact) mass is 343 g/mol. The molecule has 0 spiro atoms. The molecule has 1 N–H and O–H groups in total. The van der Waals surface area contributed by atoms with E-state index in [0.29, 0.717) is 6.54 Å². The highest BCUT2D eigenvalue weighted by Crippen LogP contribution is 2.11. The van der Waals surface area contributed by atoms with Crippen LogP contribution in [0.25, 0.3) is 0 Å². The van der Waals surface area contributed by atoms with Gasteiger partial charge in [0.25, 0.3) is 10.0 Å². The SMILES string of the molecule is CCn1cnc(S(=O)(=O)NCc2ccc(Br)cc2)c1. The van der Waals surface area contributed by atoms with Crippen LogP contribution in [0.15, 0.2) is 46.3 Å². The molecule has 2 aromatic rings. The molecule has 0 fully saturated rings. The maximum absolute atomic E-state index is 12.0. The van der Waals surface area contributed by atoms with Gasteiger partial charge in [-0.1, -0.05) is 28.1 Å². The Bertz CT molecular complexity index is 650. The maximum Gasteiger partial charge on any atom is 0.259 e. The lowest BCUT2D eigenvalue weighted by atomic mass is 10.2. The van der Waals surface area contributed by atoms with Gasteiger partial charge in [0.15, 0.2) is 5.03 Å². The molecule has 0 unspecified atom stereocenters. The molecule has 7 heteroatoms. The van der Waals surface area contributed by atoms with Gasteiger partial charge in [-0.05, 0) is 24.6 Å². The van der Waals surface area contributed by atoms with Gasteiger partial charge in [0.1, 0.15) is 0 Å². The molecular weight excluding hydrogens is 330 g/mol. The summed E-state index contributed by atoms with van der Waals surface area (Å²) < 4.78 is 29.2. The second-order valence-corrected chi connectivity index (χ2v) is 6.62. The zero-order chi connectivity index (χ0) is 13.9. The quantitative estimate of drug-likeness (QED) is 0.904. The molecule has 0 radical (unpaired) electrons. The minimum atomic E-state index is -3.55. The van der Waals surface area contributed by atoms with Crippen molar-refractivity contribution < 1.29 is 8.42 Å². The molecule has 1 aromatic carbocycles. The zero-order valence-corrected chi connectivity index (χ0v) is 12.8. The fraction of sp³-hybridized carbons (Fsp3) is 0.250. The second kappa shape index (κ2) is 5.85. The average Bonchev–Trinajstić information content (AvgIpc) is 2.88. The van der Waals surface area contributed by atoms with Crippen molar-refractivity contribution >= 4 is 26.0 Å². The standard InChI is InChI=1S/C12H14BrN3O2S/c1-2-16-8-12(14-9-16)19(17,18)15-7-10-3-5-11(13)6-4-10/h3-6,8-9,15H,2,7H2,1H3. The third-order valence-electron chi connectivity index (χ3n) is 2.63. The number of aromatic nitrogens is 2. The first-order chi connectivity index (χ1) is 9.01. The number of aryl methyl sites for hydroxylation is 1. The largest absolute Gasteiger partial charge is 0.336 e. The van der Waals surface area contributed by atoms with Crippen LogP contribution >= 0.6 is 15.9 Å². The van der Waals surface area contributed by atoms with Crippen molar-refractivity contribution in [1.82, 2.24) is 14.3 Å². The first-order valence-electron chi connectivity index (χ1n) is 5.77. The van der Waals surface area contributed by atoms with Crippen LogP contribution in [0.1, 0.15) is 12.5 Å². The molecule has 0 saturated heterocycles. The van der Waals surface area contributed by atoms with Crippen molar-refractivity contribution in [2.45, 2.75) is 25.0 Å². The molecule has 5 nitrogen and oxygen atoms in total. The average molecular weight is 344 g/mol. The molecule has 0 saturated carbocycles. The summed E-state index contributed by atoms with van der Waals surface area (Å²) in [4.78, 5) is 3.89. The Morgan fingerprint density at radius 2 is 2.00 bits per heavy atom. The molecule has 0 amide bonds. The third kappa shape index (κ3) is 3.65. The molecule has 0 aliphatic carbocycles. The van der Waals surface area contributed by atoms with E-state index < -0.39 is 10.0 Å². The summed E-state index contributed by atoms with van der Waals surface area (Å²) >= 11 is 3.33. The Morgan fingerprint density at radius 3 is 2.58 bits per heavy atom. The smallest absolute Gasteiger partial charge is 0.259 e. The number of imidazole rings is 1. The molecule has 0 aliphatic heterocycles. The molecule has 0 aliphatic rings.